The van der Waals surface area contributed by atoms with Crippen molar-refractivity contribution < 1.29 is 14.3 Å². The molecular formula is C14H20BrClN2O3. The van der Waals surface area contributed by atoms with Gasteiger partial charge in [0, 0.05) is 11.0 Å². The average Bonchev–Trinajstić information content (AvgIpc) is 2.91. The van der Waals surface area contributed by atoms with E-state index in [1.54, 1.807) is 0 Å². The van der Waals surface area contributed by atoms with Crippen LogP contribution >= 0.6 is 28.3 Å². The minimum Gasteiger partial charge on any atom is -0.492 e. The van der Waals surface area contributed by atoms with Crippen LogP contribution in [0.4, 0.5) is 5.69 Å². The molecule has 21 heavy (non-hydrogen) atoms. The second-order valence-electron chi connectivity index (χ2n) is 4.62. The van der Waals surface area contributed by atoms with Gasteiger partial charge < -0.3 is 20.5 Å². The topological polar surface area (TPSA) is 73.6 Å². The van der Waals surface area contributed by atoms with Crippen molar-refractivity contribution in [1.82, 2.24) is 0 Å². The predicted octanol–water partition coefficient (Wildman–Crippen LogP) is 2.71. The maximum atomic E-state index is 12.2. The number of anilines is 1. The van der Waals surface area contributed by atoms with Crippen LogP contribution in [0.3, 0.4) is 0 Å². The Morgan fingerprint density at radius 3 is 2.90 bits per heavy atom. The van der Waals surface area contributed by atoms with E-state index in [4.69, 9.17) is 15.2 Å². The number of benzene rings is 1. The van der Waals surface area contributed by atoms with Crippen molar-refractivity contribution in [2.45, 2.75) is 32.0 Å². The molecule has 1 aromatic carbocycles. The van der Waals surface area contributed by atoms with Gasteiger partial charge in [0.1, 0.15) is 11.9 Å². The fourth-order valence-electron chi connectivity index (χ4n) is 2.16. The molecule has 1 aliphatic rings. The first-order valence-corrected chi connectivity index (χ1v) is 7.52. The van der Waals surface area contributed by atoms with Crippen LogP contribution in [0.25, 0.3) is 0 Å². The maximum absolute atomic E-state index is 12.2. The van der Waals surface area contributed by atoms with E-state index in [-0.39, 0.29) is 24.4 Å². The van der Waals surface area contributed by atoms with Gasteiger partial charge in [0.15, 0.2) is 0 Å². The molecule has 7 heteroatoms. The molecular weight excluding hydrogens is 360 g/mol. The number of nitrogens with two attached hydrogens (primary N) is 1. The second kappa shape index (κ2) is 8.58. The van der Waals surface area contributed by atoms with Crippen molar-refractivity contribution in [3.8, 4) is 5.75 Å². The first-order valence-electron chi connectivity index (χ1n) is 6.72. The van der Waals surface area contributed by atoms with Crippen LogP contribution in [0.2, 0.25) is 0 Å². The van der Waals surface area contributed by atoms with Crippen LogP contribution in [0.15, 0.2) is 22.7 Å². The van der Waals surface area contributed by atoms with E-state index in [0.29, 0.717) is 31.0 Å². The van der Waals surface area contributed by atoms with Gasteiger partial charge in [0.2, 0.25) is 0 Å². The maximum Gasteiger partial charge on any atom is 0.253 e. The van der Waals surface area contributed by atoms with Crippen LogP contribution in [-0.2, 0) is 9.53 Å². The molecule has 2 rings (SSSR count). The number of amides is 1. The molecule has 0 unspecified atom stereocenters. The van der Waals surface area contributed by atoms with Crippen molar-refractivity contribution in [3.05, 3.63) is 22.7 Å². The van der Waals surface area contributed by atoms with Gasteiger partial charge in [0.05, 0.1) is 18.4 Å². The third-order valence-corrected chi connectivity index (χ3v) is 3.66. The summed E-state index contributed by atoms with van der Waals surface area (Å²) in [5.41, 5.74) is 6.20. The summed E-state index contributed by atoms with van der Waals surface area (Å²) < 4.78 is 12.0. The van der Waals surface area contributed by atoms with Gasteiger partial charge in [-0.15, -0.1) is 12.4 Å². The molecule has 1 saturated heterocycles. The summed E-state index contributed by atoms with van der Waals surface area (Å²) in [6, 6.07) is 5.50. The lowest BCUT2D eigenvalue weighted by molar-refractivity contribution is -0.126. The molecule has 0 bridgehead atoms. The Hall–Kier alpha value is -0.820. The van der Waals surface area contributed by atoms with E-state index < -0.39 is 6.10 Å². The molecule has 0 spiro atoms. The number of ether oxygens (including phenoxy) is 2. The van der Waals surface area contributed by atoms with E-state index in [9.17, 15) is 4.79 Å². The highest BCUT2D eigenvalue weighted by atomic mass is 79.9. The molecule has 0 radical (unpaired) electrons. The number of carbonyl (C=O) groups excluding carboxylic acids is 1. The summed E-state index contributed by atoms with van der Waals surface area (Å²) in [5, 5.41) is 2.86. The highest BCUT2D eigenvalue weighted by molar-refractivity contribution is 9.10. The lowest BCUT2D eigenvalue weighted by atomic mass is 10.2. The number of nitrogens with one attached hydrogen (secondary N) is 1. The highest BCUT2D eigenvalue weighted by Gasteiger charge is 2.30. The Labute approximate surface area is 139 Å². The quantitative estimate of drug-likeness (QED) is 0.825. The Morgan fingerprint density at radius 2 is 2.29 bits per heavy atom. The van der Waals surface area contributed by atoms with Gasteiger partial charge in [-0.05, 0) is 38.0 Å². The van der Waals surface area contributed by atoms with Gasteiger partial charge in [0.25, 0.3) is 5.91 Å². The Balaban J connectivity index is 0.00000220. The summed E-state index contributed by atoms with van der Waals surface area (Å²) in [6.45, 7) is 2.89. The second-order valence-corrected chi connectivity index (χ2v) is 5.54. The fourth-order valence-corrected chi connectivity index (χ4v) is 2.50. The zero-order valence-electron chi connectivity index (χ0n) is 11.8. The molecule has 2 atom stereocenters. The molecule has 0 saturated carbocycles. The van der Waals surface area contributed by atoms with E-state index >= 15 is 0 Å². The first kappa shape index (κ1) is 18.2. The van der Waals surface area contributed by atoms with Crippen LogP contribution in [0.1, 0.15) is 19.8 Å². The SMILES string of the molecule is CCOc1cc(Br)ccc1NC(=O)[C@@H]1CC[C@H](CN)O1.Cl. The van der Waals surface area contributed by atoms with Gasteiger partial charge in [-0.2, -0.15) is 0 Å². The van der Waals surface area contributed by atoms with Crippen LogP contribution in [-0.4, -0.2) is 31.3 Å². The number of hydrogen-bond donors (Lipinski definition) is 2. The Morgan fingerprint density at radius 1 is 1.52 bits per heavy atom. The zero-order chi connectivity index (χ0) is 14.5. The van der Waals surface area contributed by atoms with E-state index in [1.807, 2.05) is 25.1 Å². The number of carbonyl (C=O) groups is 1. The molecule has 118 valence electrons. The predicted molar refractivity (Wildman–Crippen MR) is 88.1 cm³/mol. The molecule has 1 fully saturated rings. The summed E-state index contributed by atoms with van der Waals surface area (Å²) in [5.74, 6) is 0.493. The minimum atomic E-state index is -0.429. The smallest absolute Gasteiger partial charge is 0.253 e. The molecule has 0 aromatic heterocycles. The minimum absolute atomic E-state index is 0. The summed E-state index contributed by atoms with van der Waals surface area (Å²) in [6.07, 6.45) is 1.09. The van der Waals surface area contributed by atoms with Crippen molar-refractivity contribution in [3.63, 3.8) is 0 Å². The third kappa shape index (κ3) is 4.85. The van der Waals surface area contributed by atoms with Crippen LogP contribution in [0, 0.1) is 0 Å². The van der Waals surface area contributed by atoms with Gasteiger partial charge >= 0.3 is 0 Å². The van der Waals surface area contributed by atoms with Crippen molar-refractivity contribution >= 4 is 39.9 Å². The Bertz CT molecular complexity index is 487. The van der Waals surface area contributed by atoms with E-state index in [1.165, 1.54) is 0 Å². The zero-order valence-corrected chi connectivity index (χ0v) is 14.2. The number of rotatable bonds is 5. The molecule has 0 aliphatic carbocycles. The molecule has 5 nitrogen and oxygen atoms in total. The normalized spacial score (nSPS) is 20.7. The first-order chi connectivity index (χ1) is 9.63. The lowest BCUT2D eigenvalue weighted by Gasteiger charge is -2.15. The van der Waals surface area contributed by atoms with Crippen molar-refractivity contribution in [2.24, 2.45) is 5.73 Å². The largest absolute Gasteiger partial charge is 0.492 e. The monoisotopic (exact) mass is 378 g/mol. The molecule has 3 N–H and O–H groups in total. The lowest BCUT2D eigenvalue weighted by Crippen LogP contribution is -2.29. The van der Waals surface area contributed by atoms with Gasteiger partial charge in [-0.3, -0.25) is 4.79 Å². The van der Waals surface area contributed by atoms with E-state index in [0.717, 1.165) is 10.9 Å². The third-order valence-electron chi connectivity index (χ3n) is 3.16. The number of halogens is 2. The van der Waals surface area contributed by atoms with Crippen molar-refractivity contribution in [2.75, 3.05) is 18.5 Å². The van der Waals surface area contributed by atoms with Gasteiger partial charge in [-0.25, -0.2) is 0 Å². The van der Waals surface area contributed by atoms with Gasteiger partial charge in [-0.1, -0.05) is 15.9 Å². The van der Waals surface area contributed by atoms with E-state index in [2.05, 4.69) is 21.2 Å². The highest BCUT2D eigenvalue weighted by Crippen LogP contribution is 2.29. The molecule has 1 aliphatic heterocycles. The molecule has 1 aromatic rings. The van der Waals surface area contributed by atoms with Crippen molar-refractivity contribution in [1.29, 1.82) is 0 Å². The number of hydrogen-bond acceptors (Lipinski definition) is 4. The summed E-state index contributed by atoms with van der Waals surface area (Å²) in [4.78, 5) is 12.2. The summed E-state index contributed by atoms with van der Waals surface area (Å²) >= 11 is 3.38. The average molecular weight is 380 g/mol. The standard InChI is InChI=1S/C14H19BrN2O3.ClH/c1-2-19-13-7-9(15)3-5-11(13)17-14(18)12-6-4-10(8-16)20-12;/h3,5,7,10,12H,2,4,6,8,16H2,1H3,(H,17,18);1H/t10-,12+;/m1./s1. The molecule has 1 amide bonds. The fraction of sp³-hybridized carbons (Fsp3) is 0.500. The van der Waals surface area contributed by atoms with Crippen LogP contribution in [0.5, 0.6) is 5.75 Å². The molecule has 1 heterocycles. The summed E-state index contributed by atoms with van der Waals surface area (Å²) in [7, 11) is 0. The van der Waals surface area contributed by atoms with Crippen LogP contribution < -0.4 is 15.8 Å². The Kier molecular flexibility index (Phi) is 7.45.